The Balaban J connectivity index is 2.16. The molecular formula is C19H26N2O5. The molecule has 0 aromatic heterocycles. The number of aryl methyl sites for hydroxylation is 3. The van der Waals surface area contributed by atoms with Crippen molar-refractivity contribution in [2.24, 2.45) is 0 Å². The average Bonchev–Trinajstić information content (AvgIpc) is 2.53. The highest BCUT2D eigenvalue weighted by molar-refractivity contribution is 5.88. The number of aliphatic carboxylic acids is 1. The minimum atomic E-state index is -1.55. The number of carbonyl (C=O) groups excluding carboxylic acids is 1. The van der Waals surface area contributed by atoms with Crippen LogP contribution in [0.1, 0.15) is 35.6 Å². The lowest BCUT2D eigenvalue weighted by molar-refractivity contribution is -0.162. The van der Waals surface area contributed by atoms with Gasteiger partial charge in [-0.15, -0.1) is 0 Å². The summed E-state index contributed by atoms with van der Waals surface area (Å²) < 4.78 is 0. The summed E-state index contributed by atoms with van der Waals surface area (Å²) in [6.45, 7) is 7.41. The molecule has 0 spiro atoms. The Hall–Kier alpha value is -2.57. The highest BCUT2D eigenvalue weighted by Gasteiger charge is 2.47. The number of amides is 2. The van der Waals surface area contributed by atoms with Gasteiger partial charge in [-0.3, -0.25) is 4.79 Å². The lowest BCUT2D eigenvalue weighted by Crippen LogP contribution is -2.66. The molecule has 2 rings (SSSR count). The molecule has 1 aromatic carbocycles. The van der Waals surface area contributed by atoms with Crippen LogP contribution >= 0.6 is 0 Å². The van der Waals surface area contributed by atoms with Crippen LogP contribution in [0.2, 0.25) is 0 Å². The summed E-state index contributed by atoms with van der Waals surface area (Å²) in [5, 5.41) is 18.7. The molecule has 1 heterocycles. The first-order chi connectivity index (χ1) is 12.1. The third-order valence-corrected chi connectivity index (χ3v) is 5.15. The Morgan fingerprint density at radius 1 is 1.08 bits per heavy atom. The van der Waals surface area contributed by atoms with Gasteiger partial charge in [-0.1, -0.05) is 17.7 Å². The van der Waals surface area contributed by atoms with E-state index in [1.54, 1.807) is 0 Å². The van der Waals surface area contributed by atoms with Crippen LogP contribution in [0.3, 0.4) is 0 Å². The number of rotatable bonds is 4. The molecule has 1 saturated heterocycles. The molecule has 0 radical (unpaired) electrons. The highest BCUT2D eigenvalue weighted by atomic mass is 16.4. The standard InChI is InChI=1S/C19H26N2O5/c1-12-9-13(2)15(14(3)10-12)5-6-16(22)21-8-7-20(18(25)26)11-19(21,4)17(23)24/h9-10H,5-8,11H2,1-4H3,(H,23,24)(H,25,26)/t19-/m1/s1. The topological polar surface area (TPSA) is 98.2 Å². The third-order valence-electron chi connectivity index (χ3n) is 5.15. The van der Waals surface area contributed by atoms with Gasteiger partial charge in [-0.25, -0.2) is 9.59 Å². The van der Waals surface area contributed by atoms with Crippen LogP contribution in [0, 0.1) is 20.8 Å². The molecule has 2 amide bonds. The van der Waals surface area contributed by atoms with Crippen molar-refractivity contribution >= 4 is 18.0 Å². The Morgan fingerprint density at radius 2 is 1.65 bits per heavy atom. The van der Waals surface area contributed by atoms with E-state index in [1.165, 1.54) is 17.4 Å². The number of hydrogen-bond donors (Lipinski definition) is 2. The molecule has 1 aliphatic heterocycles. The molecule has 0 bridgehead atoms. The van der Waals surface area contributed by atoms with Crippen molar-refractivity contribution in [3.05, 3.63) is 34.4 Å². The Kier molecular flexibility index (Phi) is 5.59. The summed E-state index contributed by atoms with van der Waals surface area (Å²) in [5.41, 5.74) is 2.95. The maximum Gasteiger partial charge on any atom is 0.407 e. The van der Waals surface area contributed by atoms with Crippen molar-refractivity contribution in [2.45, 2.75) is 46.1 Å². The Labute approximate surface area is 153 Å². The fourth-order valence-corrected chi connectivity index (χ4v) is 3.72. The van der Waals surface area contributed by atoms with E-state index >= 15 is 0 Å². The monoisotopic (exact) mass is 362 g/mol. The molecule has 2 N–H and O–H groups in total. The number of hydrogen-bond acceptors (Lipinski definition) is 3. The fraction of sp³-hybridized carbons (Fsp3) is 0.526. The van der Waals surface area contributed by atoms with Crippen molar-refractivity contribution in [1.82, 2.24) is 9.80 Å². The summed E-state index contributed by atoms with van der Waals surface area (Å²) in [4.78, 5) is 38.1. The molecule has 7 nitrogen and oxygen atoms in total. The van der Waals surface area contributed by atoms with E-state index in [4.69, 9.17) is 5.11 Å². The number of carboxylic acids is 1. The largest absolute Gasteiger partial charge is 0.479 e. The van der Waals surface area contributed by atoms with Gasteiger partial charge in [-0.2, -0.15) is 0 Å². The van der Waals surface area contributed by atoms with Gasteiger partial charge in [0.2, 0.25) is 5.91 Å². The van der Waals surface area contributed by atoms with Gasteiger partial charge in [0, 0.05) is 19.5 Å². The van der Waals surface area contributed by atoms with E-state index < -0.39 is 17.6 Å². The molecule has 7 heteroatoms. The lowest BCUT2D eigenvalue weighted by atomic mass is 9.93. The zero-order chi connectivity index (χ0) is 19.6. The van der Waals surface area contributed by atoms with Crippen LogP contribution in [0.5, 0.6) is 0 Å². The highest BCUT2D eigenvalue weighted by Crippen LogP contribution is 2.25. The molecular weight excluding hydrogens is 336 g/mol. The minimum Gasteiger partial charge on any atom is -0.479 e. The van der Waals surface area contributed by atoms with Gasteiger partial charge in [0.05, 0.1) is 6.54 Å². The second-order valence-corrected chi connectivity index (χ2v) is 7.21. The van der Waals surface area contributed by atoms with E-state index in [0.717, 1.165) is 21.6 Å². The number of benzene rings is 1. The summed E-state index contributed by atoms with van der Waals surface area (Å²) in [6.07, 6.45) is -0.442. The average molecular weight is 362 g/mol. The quantitative estimate of drug-likeness (QED) is 0.856. The van der Waals surface area contributed by atoms with Gasteiger partial charge in [0.15, 0.2) is 5.54 Å². The molecule has 1 fully saturated rings. The first kappa shape index (κ1) is 19.8. The van der Waals surface area contributed by atoms with Crippen LogP contribution in [0.4, 0.5) is 4.79 Å². The fourth-order valence-electron chi connectivity index (χ4n) is 3.72. The van der Waals surface area contributed by atoms with Crippen molar-refractivity contribution in [3.8, 4) is 0 Å². The predicted molar refractivity (Wildman–Crippen MR) is 96.3 cm³/mol. The Morgan fingerprint density at radius 3 is 2.15 bits per heavy atom. The number of carboxylic acid groups (broad SMARTS) is 2. The smallest absolute Gasteiger partial charge is 0.407 e. The lowest BCUT2D eigenvalue weighted by Gasteiger charge is -2.45. The SMILES string of the molecule is Cc1cc(C)c(CCC(=O)N2CCN(C(=O)O)C[C@]2(C)C(=O)O)c(C)c1. The molecule has 142 valence electrons. The van der Waals surface area contributed by atoms with Crippen molar-refractivity contribution in [3.63, 3.8) is 0 Å². The number of carbonyl (C=O) groups is 3. The summed E-state index contributed by atoms with van der Waals surface area (Å²) in [5.74, 6) is -1.46. The van der Waals surface area contributed by atoms with Gasteiger partial charge < -0.3 is 20.0 Å². The number of piperazine rings is 1. The summed E-state index contributed by atoms with van der Waals surface area (Å²) in [7, 11) is 0. The molecule has 1 atom stereocenters. The molecule has 0 saturated carbocycles. The predicted octanol–water partition coefficient (Wildman–Crippen LogP) is 2.21. The first-order valence-corrected chi connectivity index (χ1v) is 8.64. The Bertz CT molecular complexity index is 722. The van der Waals surface area contributed by atoms with E-state index in [-0.39, 0.29) is 32.0 Å². The second-order valence-electron chi connectivity index (χ2n) is 7.21. The summed E-state index contributed by atoms with van der Waals surface area (Å²) in [6, 6.07) is 4.14. The first-order valence-electron chi connectivity index (χ1n) is 8.64. The van der Waals surface area contributed by atoms with Crippen LogP contribution < -0.4 is 0 Å². The van der Waals surface area contributed by atoms with Crippen molar-refractivity contribution < 1.29 is 24.6 Å². The molecule has 0 unspecified atom stereocenters. The van der Waals surface area contributed by atoms with E-state index in [0.29, 0.717) is 6.42 Å². The van der Waals surface area contributed by atoms with E-state index in [2.05, 4.69) is 12.1 Å². The maximum atomic E-state index is 12.8. The zero-order valence-electron chi connectivity index (χ0n) is 15.7. The van der Waals surface area contributed by atoms with Crippen LogP contribution in [0.25, 0.3) is 0 Å². The van der Waals surface area contributed by atoms with Gasteiger partial charge >= 0.3 is 12.1 Å². The van der Waals surface area contributed by atoms with E-state index in [1.807, 2.05) is 20.8 Å². The van der Waals surface area contributed by atoms with Gasteiger partial charge in [-0.05, 0) is 50.8 Å². The number of nitrogens with zero attached hydrogens (tertiary/aromatic N) is 2. The van der Waals surface area contributed by atoms with Gasteiger partial charge in [0.1, 0.15) is 0 Å². The maximum absolute atomic E-state index is 12.8. The van der Waals surface area contributed by atoms with Gasteiger partial charge in [0.25, 0.3) is 0 Å². The second kappa shape index (κ2) is 7.35. The molecule has 1 aliphatic rings. The van der Waals surface area contributed by atoms with Crippen molar-refractivity contribution in [2.75, 3.05) is 19.6 Å². The molecule has 1 aromatic rings. The minimum absolute atomic E-state index is 0.0831. The van der Waals surface area contributed by atoms with Crippen molar-refractivity contribution in [1.29, 1.82) is 0 Å². The van der Waals surface area contributed by atoms with E-state index in [9.17, 15) is 19.5 Å². The third kappa shape index (κ3) is 3.81. The molecule has 0 aliphatic carbocycles. The summed E-state index contributed by atoms with van der Waals surface area (Å²) >= 11 is 0. The van der Waals surface area contributed by atoms with Crippen LogP contribution in [-0.2, 0) is 16.0 Å². The van der Waals surface area contributed by atoms with Crippen LogP contribution in [0.15, 0.2) is 12.1 Å². The zero-order valence-corrected chi connectivity index (χ0v) is 15.7. The normalized spacial score (nSPS) is 20.2. The molecule has 26 heavy (non-hydrogen) atoms. The van der Waals surface area contributed by atoms with Crippen LogP contribution in [-0.4, -0.2) is 63.2 Å².